The Kier molecular flexibility index (Phi) is 7.73. The highest BCUT2D eigenvalue weighted by atomic mass is 16.5. The van der Waals surface area contributed by atoms with Crippen molar-refractivity contribution in [2.24, 2.45) is 5.92 Å². The number of ether oxygens (including phenoxy) is 1. The zero-order valence-electron chi connectivity index (χ0n) is 21.9. The molecule has 2 aromatic heterocycles. The van der Waals surface area contributed by atoms with Gasteiger partial charge in [-0.2, -0.15) is 10.1 Å². The monoisotopic (exact) mass is 506 g/mol. The minimum Gasteiger partial charge on any atom is -0.496 e. The first kappa shape index (κ1) is 25.3. The van der Waals surface area contributed by atoms with Crippen molar-refractivity contribution in [3.8, 4) is 5.75 Å². The van der Waals surface area contributed by atoms with E-state index in [0.717, 1.165) is 87.3 Å². The number of anilines is 2. The van der Waals surface area contributed by atoms with Gasteiger partial charge in [0.2, 0.25) is 11.9 Å². The lowest BCUT2D eigenvalue weighted by Gasteiger charge is -2.38. The number of aromatic nitrogens is 4. The number of unbranched alkanes of at least 4 members (excludes halogenated alkanes) is 1. The molecule has 0 radical (unpaired) electrons. The van der Waals surface area contributed by atoms with Crippen LogP contribution in [-0.4, -0.2) is 75.3 Å². The van der Waals surface area contributed by atoms with Gasteiger partial charge in [-0.3, -0.25) is 14.4 Å². The van der Waals surface area contributed by atoms with E-state index in [9.17, 15) is 4.79 Å². The van der Waals surface area contributed by atoms with Crippen molar-refractivity contribution >= 4 is 28.7 Å². The van der Waals surface area contributed by atoms with Gasteiger partial charge in [0.25, 0.3) is 0 Å². The molecule has 2 aliphatic rings. The second-order valence-corrected chi connectivity index (χ2v) is 10.1. The van der Waals surface area contributed by atoms with Crippen molar-refractivity contribution in [1.82, 2.24) is 29.5 Å². The number of nitrogens with zero attached hydrogens (tertiary/aromatic N) is 6. The number of methoxy groups -OCH3 is 1. The van der Waals surface area contributed by atoms with Crippen LogP contribution in [0.4, 0.5) is 11.8 Å². The van der Waals surface area contributed by atoms with Crippen LogP contribution in [0.2, 0.25) is 0 Å². The zero-order valence-corrected chi connectivity index (χ0v) is 21.9. The molecule has 198 valence electrons. The number of benzene rings is 1. The van der Waals surface area contributed by atoms with Crippen molar-refractivity contribution in [2.75, 3.05) is 50.9 Å². The average Bonchev–Trinajstić information content (AvgIpc) is 3.26. The molecule has 1 aliphatic carbocycles. The summed E-state index contributed by atoms with van der Waals surface area (Å²) in [4.78, 5) is 25.8. The van der Waals surface area contributed by atoms with Gasteiger partial charge >= 0.3 is 0 Å². The van der Waals surface area contributed by atoms with E-state index in [1.54, 1.807) is 13.3 Å². The Balaban J connectivity index is 1.26. The molecule has 1 saturated heterocycles. The van der Waals surface area contributed by atoms with Gasteiger partial charge in [-0.25, -0.2) is 4.98 Å². The Morgan fingerprint density at radius 3 is 2.68 bits per heavy atom. The minimum atomic E-state index is 0.237. The second kappa shape index (κ2) is 11.3. The highest BCUT2D eigenvalue weighted by molar-refractivity contribution is 5.86. The lowest BCUT2D eigenvalue weighted by atomic mass is 9.84. The van der Waals surface area contributed by atoms with Crippen molar-refractivity contribution in [3.05, 3.63) is 35.5 Å². The standard InChI is InChI=1S/C27H38N8O2/c1-3-4-10-29-25-24-22(31-27(28)32-25)16-30-35(24)18-21-9-8-19(15-23(21)37-2)17-33-11-13-34(14-12-33)26(36)20-6-5-7-20/h8-9,15-16,20H,3-7,10-14,17-18H2,1-2H3,(H3,28,29,31,32). The fraction of sp³-hybridized carbons (Fsp3) is 0.556. The molecule has 1 amide bonds. The largest absolute Gasteiger partial charge is 0.496 e. The number of piperazine rings is 1. The van der Waals surface area contributed by atoms with E-state index in [1.165, 1.54) is 12.0 Å². The smallest absolute Gasteiger partial charge is 0.225 e. The van der Waals surface area contributed by atoms with E-state index in [-0.39, 0.29) is 11.9 Å². The van der Waals surface area contributed by atoms with Gasteiger partial charge in [-0.15, -0.1) is 0 Å². The van der Waals surface area contributed by atoms with E-state index in [1.807, 2.05) is 4.68 Å². The summed E-state index contributed by atoms with van der Waals surface area (Å²) in [6.45, 7) is 7.78. The third-order valence-electron chi connectivity index (χ3n) is 7.54. The summed E-state index contributed by atoms with van der Waals surface area (Å²) < 4.78 is 7.68. The van der Waals surface area contributed by atoms with Crippen LogP contribution >= 0.6 is 0 Å². The number of fused-ring (bicyclic) bond motifs is 1. The molecule has 1 saturated carbocycles. The van der Waals surface area contributed by atoms with E-state index in [2.05, 4.69) is 55.3 Å². The van der Waals surface area contributed by atoms with Crippen LogP contribution in [0.3, 0.4) is 0 Å². The number of hydrogen-bond donors (Lipinski definition) is 2. The van der Waals surface area contributed by atoms with Gasteiger partial charge in [0.1, 0.15) is 16.8 Å². The highest BCUT2D eigenvalue weighted by Gasteiger charge is 2.31. The molecule has 5 rings (SSSR count). The van der Waals surface area contributed by atoms with Crippen LogP contribution in [-0.2, 0) is 17.9 Å². The van der Waals surface area contributed by atoms with Gasteiger partial charge in [0, 0.05) is 50.7 Å². The summed E-state index contributed by atoms with van der Waals surface area (Å²) in [5.41, 5.74) is 9.72. The lowest BCUT2D eigenvalue weighted by molar-refractivity contribution is -0.140. The van der Waals surface area contributed by atoms with Gasteiger partial charge in [-0.05, 0) is 30.9 Å². The molecule has 2 fully saturated rings. The summed E-state index contributed by atoms with van der Waals surface area (Å²) in [6, 6.07) is 6.38. The average molecular weight is 507 g/mol. The van der Waals surface area contributed by atoms with Crippen molar-refractivity contribution in [1.29, 1.82) is 0 Å². The summed E-state index contributed by atoms with van der Waals surface area (Å²) in [5.74, 6) is 2.42. The van der Waals surface area contributed by atoms with Crippen LogP contribution < -0.4 is 15.8 Å². The maximum Gasteiger partial charge on any atom is 0.225 e. The Morgan fingerprint density at radius 1 is 1.16 bits per heavy atom. The van der Waals surface area contributed by atoms with E-state index >= 15 is 0 Å². The van der Waals surface area contributed by atoms with E-state index in [4.69, 9.17) is 10.5 Å². The molecule has 10 heteroatoms. The molecule has 0 spiro atoms. The first-order valence-corrected chi connectivity index (χ1v) is 13.5. The Bertz CT molecular complexity index is 1230. The third-order valence-corrected chi connectivity index (χ3v) is 7.54. The van der Waals surface area contributed by atoms with Crippen LogP contribution in [0.15, 0.2) is 24.4 Å². The molecule has 37 heavy (non-hydrogen) atoms. The number of carbonyl (C=O) groups is 1. The SMILES string of the molecule is CCCCNc1nc(N)nc2cnn(Cc3ccc(CN4CCN(C(=O)C5CCC5)CC4)cc3OC)c12. The number of amides is 1. The molecule has 1 aromatic carbocycles. The first-order valence-electron chi connectivity index (χ1n) is 13.5. The fourth-order valence-electron chi connectivity index (χ4n) is 5.12. The van der Waals surface area contributed by atoms with Crippen molar-refractivity contribution in [2.45, 2.75) is 52.1 Å². The van der Waals surface area contributed by atoms with Crippen LogP contribution in [0.25, 0.3) is 11.0 Å². The predicted molar refractivity (Wildman–Crippen MR) is 144 cm³/mol. The molecule has 1 aliphatic heterocycles. The molecule has 0 unspecified atom stereocenters. The van der Waals surface area contributed by atoms with Crippen LogP contribution in [0, 0.1) is 5.92 Å². The Labute approximate surface area is 218 Å². The summed E-state index contributed by atoms with van der Waals surface area (Å²) in [6.07, 6.45) is 7.20. The summed E-state index contributed by atoms with van der Waals surface area (Å²) >= 11 is 0. The second-order valence-electron chi connectivity index (χ2n) is 10.1. The van der Waals surface area contributed by atoms with Gasteiger partial charge in [0.05, 0.1) is 19.9 Å². The molecule has 3 heterocycles. The molecular weight excluding hydrogens is 468 g/mol. The number of nitrogens with two attached hydrogens (primary N) is 1. The number of rotatable bonds is 10. The number of hydrogen-bond acceptors (Lipinski definition) is 8. The molecule has 3 N–H and O–H groups in total. The van der Waals surface area contributed by atoms with Crippen LogP contribution in [0.5, 0.6) is 5.75 Å². The molecule has 10 nitrogen and oxygen atoms in total. The number of carbonyl (C=O) groups excluding carboxylic acids is 1. The van der Waals surface area contributed by atoms with Gasteiger partial charge < -0.3 is 20.7 Å². The summed E-state index contributed by atoms with van der Waals surface area (Å²) in [5, 5.41) is 7.97. The molecule has 0 bridgehead atoms. The van der Waals surface area contributed by atoms with Gasteiger partial charge in [-0.1, -0.05) is 31.9 Å². The summed E-state index contributed by atoms with van der Waals surface area (Å²) in [7, 11) is 1.70. The normalized spacial score (nSPS) is 16.6. The quantitative estimate of drug-likeness (QED) is 0.403. The highest BCUT2D eigenvalue weighted by Crippen LogP contribution is 2.29. The fourth-order valence-corrected chi connectivity index (χ4v) is 5.12. The van der Waals surface area contributed by atoms with E-state index in [0.29, 0.717) is 18.3 Å². The van der Waals surface area contributed by atoms with Crippen molar-refractivity contribution in [3.63, 3.8) is 0 Å². The Morgan fingerprint density at radius 2 is 1.97 bits per heavy atom. The maximum absolute atomic E-state index is 12.5. The maximum atomic E-state index is 12.5. The van der Waals surface area contributed by atoms with Crippen LogP contribution in [0.1, 0.15) is 50.2 Å². The van der Waals surface area contributed by atoms with E-state index < -0.39 is 0 Å². The molecular formula is C27H38N8O2. The third kappa shape index (κ3) is 5.64. The Hall–Kier alpha value is -3.40. The molecule has 3 aromatic rings. The van der Waals surface area contributed by atoms with Gasteiger partial charge in [0.15, 0.2) is 5.82 Å². The number of nitrogens with one attached hydrogen (secondary N) is 1. The molecule has 0 atom stereocenters. The lowest BCUT2D eigenvalue weighted by Crippen LogP contribution is -2.50. The van der Waals surface area contributed by atoms with Crippen molar-refractivity contribution < 1.29 is 9.53 Å². The first-order chi connectivity index (χ1) is 18.1. The topological polar surface area (TPSA) is 114 Å². The predicted octanol–water partition coefficient (Wildman–Crippen LogP) is 3.12. The zero-order chi connectivity index (χ0) is 25.8. The number of nitrogen functional groups attached to an aromatic ring is 1. The minimum absolute atomic E-state index is 0.237.